The summed E-state index contributed by atoms with van der Waals surface area (Å²) in [4.78, 5) is 37.4. The van der Waals surface area contributed by atoms with E-state index in [-0.39, 0.29) is 40.9 Å². The van der Waals surface area contributed by atoms with Gasteiger partial charge in [-0.05, 0) is 68.7 Å². The molecule has 1 aromatic heterocycles. The first-order valence-electron chi connectivity index (χ1n) is 14.2. The van der Waals surface area contributed by atoms with Gasteiger partial charge in [-0.2, -0.15) is 18.2 Å². The lowest BCUT2D eigenvalue weighted by molar-refractivity contribution is -0.139. The van der Waals surface area contributed by atoms with Gasteiger partial charge in [-0.25, -0.2) is 4.98 Å². The largest absolute Gasteiger partial charge is 0.495 e. The number of hydrogen-bond acceptors (Lipinski definition) is 8. The maximum atomic E-state index is 14.0. The van der Waals surface area contributed by atoms with Crippen LogP contribution in [0.3, 0.4) is 0 Å². The number of halogens is 3. The van der Waals surface area contributed by atoms with Crippen LogP contribution >= 0.6 is 0 Å². The molecule has 1 aliphatic rings. The predicted molar refractivity (Wildman–Crippen MR) is 160 cm³/mol. The molecule has 0 spiro atoms. The minimum atomic E-state index is -4.84. The SMILES string of the molecule is COc1cc(C(=O)NC2CCN(C)CC2)ccc1Nc1ncc(C(F)(F)F)c(Oc2cccc(C(C)C)c2C(=O)N(C)C)n1. The van der Waals surface area contributed by atoms with E-state index in [9.17, 15) is 22.8 Å². The van der Waals surface area contributed by atoms with Crippen LogP contribution in [0.25, 0.3) is 0 Å². The van der Waals surface area contributed by atoms with E-state index in [1.165, 1.54) is 24.1 Å². The van der Waals surface area contributed by atoms with Gasteiger partial charge < -0.3 is 29.9 Å². The summed E-state index contributed by atoms with van der Waals surface area (Å²) in [6, 6.07) is 9.50. The lowest BCUT2D eigenvalue weighted by atomic mass is 9.95. The van der Waals surface area contributed by atoms with Crippen LogP contribution in [0.15, 0.2) is 42.6 Å². The third kappa shape index (κ3) is 7.57. The van der Waals surface area contributed by atoms with E-state index in [2.05, 4.69) is 25.5 Å². The van der Waals surface area contributed by atoms with E-state index in [4.69, 9.17) is 9.47 Å². The van der Waals surface area contributed by atoms with Crippen LogP contribution in [0.2, 0.25) is 0 Å². The highest BCUT2D eigenvalue weighted by atomic mass is 19.4. The number of amides is 2. The standard InChI is InChI=1S/C31H37F3N6O4/c1-18(2)21-8-7-9-24(26(21)29(42)39(3)4)44-28-22(31(32,33)34)17-35-30(38-28)37-23-11-10-19(16-25(23)43-6)27(41)36-20-12-14-40(5)15-13-20/h7-11,16-18,20H,12-15H2,1-6H3,(H,36,41)(H,35,37,38). The van der Waals surface area contributed by atoms with Gasteiger partial charge in [0, 0.05) is 31.9 Å². The third-order valence-electron chi connectivity index (χ3n) is 7.33. The maximum absolute atomic E-state index is 14.0. The molecule has 0 radical (unpaired) electrons. The van der Waals surface area contributed by atoms with Gasteiger partial charge >= 0.3 is 6.18 Å². The second-order valence-corrected chi connectivity index (χ2v) is 11.2. The summed E-state index contributed by atoms with van der Waals surface area (Å²) in [7, 11) is 6.55. The number of carbonyl (C=O) groups excluding carboxylic acids is 2. The summed E-state index contributed by atoms with van der Waals surface area (Å²) in [5, 5.41) is 5.90. The highest BCUT2D eigenvalue weighted by molar-refractivity contribution is 5.98. The molecule has 13 heteroatoms. The van der Waals surface area contributed by atoms with Crippen molar-refractivity contribution in [3.8, 4) is 17.4 Å². The first-order valence-corrected chi connectivity index (χ1v) is 14.2. The minimum Gasteiger partial charge on any atom is -0.495 e. The van der Waals surface area contributed by atoms with Crippen molar-refractivity contribution in [2.45, 2.75) is 44.8 Å². The van der Waals surface area contributed by atoms with Crippen LogP contribution < -0.4 is 20.1 Å². The first-order chi connectivity index (χ1) is 20.8. The van der Waals surface area contributed by atoms with Gasteiger partial charge in [-0.15, -0.1) is 0 Å². The van der Waals surface area contributed by atoms with Crippen molar-refractivity contribution in [1.29, 1.82) is 0 Å². The Morgan fingerprint density at radius 3 is 2.41 bits per heavy atom. The second-order valence-electron chi connectivity index (χ2n) is 11.2. The van der Waals surface area contributed by atoms with Crippen LogP contribution in [0.5, 0.6) is 17.4 Å². The maximum Gasteiger partial charge on any atom is 0.423 e. The van der Waals surface area contributed by atoms with E-state index < -0.39 is 23.5 Å². The molecule has 2 amide bonds. The molecule has 4 rings (SSSR count). The van der Waals surface area contributed by atoms with Crippen LogP contribution in [0.4, 0.5) is 24.8 Å². The number of alkyl halides is 3. The average Bonchev–Trinajstić information content (AvgIpc) is 2.97. The number of nitrogens with zero attached hydrogens (tertiary/aromatic N) is 4. The molecule has 2 aromatic carbocycles. The lowest BCUT2D eigenvalue weighted by Crippen LogP contribution is -2.43. The van der Waals surface area contributed by atoms with Crippen LogP contribution in [0.1, 0.15) is 64.4 Å². The fourth-order valence-electron chi connectivity index (χ4n) is 4.85. The summed E-state index contributed by atoms with van der Waals surface area (Å²) >= 11 is 0. The van der Waals surface area contributed by atoms with Gasteiger partial charge in [0.2, 0.25) is 11.8 Å². The quantitative estimate of drug-likeness (QED) is 0.317. The van der Waals surface area contributed by atoms with Gasteiger partial charge in [0.15, 0.2) is 0 Å². The Balaban J connectivity index is 1.64. The Morgan fingerprint density at radius 1 is 1.09 bits per heavy atom. The Kier molecular flexibility index (Phi) is 9.98. The van der Waals surface area contributed by atoms with Crippen molar-refractivity contribution in [3.05, 3.63) is 64.8 Å². The zero-order valence-corrected chi connectivity index (χ0v) is 25.6. The van der Waals surface area contributed by atoms with E-state index in [1.807, 2.05) is 20.9 Å². The first kappa shape index (κ1) is 32.5. The number of hydrogen-bond donors (Lipinski definition) is 2. The summed E-state index contributed by atoms with van der Waals surface area (Å²) in [6.07, 6.45) is -2.53. The predicted octanol–water partition coefficient (Wildman–Crippen LogP) is 5.69. The zero-order chi connectivity index (χ0) is 32.2. The number of likely N-dealkylation sites (tertiary alicyclic amines) is 1. The molecule has 2 heterocycles. The zero-order valence-electron chi connectivity index (χ0n) is 25.6. The summed E-state index contributed by atoms with van der Waals surface area (Å²) in [5.74, 6) is -1.58. The van der Waals surface area contributed by atoms with Crippen LogP contribution in [-0.2, 0) is 6.18 Å². The molecule has 0 saturated carbocycles. The number of aromatic nitrogens is 2. The highest BCUT2D eigenvalue weighted by Crippen LogP contribution is 2.40. The van der Waals surface area contributed by atoms with Crippen molar-refractivity contribution in [3.63, 3.8) is 0 Å². The molecule has 2 N–H and O–H groups in total. The van der Waals surface area contributed by atoms with E-state index in [0.717, 1.165) is 25.9 Å². The monoisotopic (exact) mass is 614 g/mol. The molecular formula is C31H37F3N6O4. The fraction of sp³-hybridized carbons (Fsp3) is 0.419. The number of nitrogens with one attached hydrogen (secondary N) is 2. The number of ether oxygens (including phenoxy) is 2. The van der Waals surface area contributed by atoms with Gasteiger partial charge in [-0.3, -0.25) is 9.59 Å². The number of rotatable bonds is 9. The van der Waals surface area contributed by atoms with E-state index in [0.29, 0.717) is 23.0 Å². The van der Waals surface area contributed by atoms with Crippen molar-refractivity contribution in [1.82, 2.24) is 25.1 Å². The Bertz CT molecular complexity index is 1500. The van der Waals surface area contributed by atoms with Crippen LogP contribution in [-0.4, -0.2) is 79.0 Å². The summed E-state index contributed by atoms with van der Waals surface area (Å²) < 4.78 is 53.3. The molecule has 0 atom stereocenters. The Hall–Kier alpha value is -4.39. The smallest absolute Gasteiger partial charge is 0.423 e. The number of benzene rings is 2. The van der Waals surface area contributed by atoms with Gasteiger partial charge in [0.05, 0.1) is 18.4 Å². The summed E-state index contributed by atoms with van der Waals surface area (Å²) in [6.45, 7) is 5.53. The molecule has 1 saturated heterocycles. The number of piperidine rings is 1. The molecule has 44 heavy (non-hydrogen) atoms. The number of methoxy groups -OCH3 is 1. The fourth-order valence-corrected chi connectivity index (χ4v) is 4.85. The highest BCUT2D eigenvalue weighted by Gasteiger charge is 2.37. The topological polar surface area (TPSA) is 109 Å². The molecule has 1 fully saturated rings. The molecule has 10 nitrogen and oxygen atoms in total. The molecule has 0 aliphatic carbocycles. The third-order valence-corrected chi connectivity index (χ3v) is 7.33. The van der Waals surface area contributed by atoms with Crippen molar-refractivity contribution in [2.24, 2.45) is 0 Å². The molecule has 0 bridgehead atoms. The molecule has 236 valence electrons. The van der Waals surface area contributed by atoms with Gasteiger partial charge in [-0.1, -0.05) is 26.0 Å². The van der Waals surface area contributed by atoms with Crippen molar-refractivity contribution < 1.29 is 32.2 Å². The molecule has 0 unspecified atom stereocenters. The molecule has 3 aromatic rings. The average molecular weight is 615 g/mol. The van der Waals surface area contributed by atoms with Gasteiger partial charge in [0.1, 0.15) is 17.1 Å². The number of anilines is 2. The van der Waals surface area contributed by atoms with Crippen molar-refractivity contribution >= 4 is 23.5 Å². The van der Waals surface area contributed by atoms with E-state index in [1.54, 1.807) is 38.4 Å². The van der Waals surface area contributed by atoms with Crippen LogP contribution in [0, 0.1) is 0 Å². The second kappa shape index (κ2) is 13.5. The normalized spacial score (nSPS) is 14.3. The molecular weight excluding hydrogens is 577 g/mol. The lowest BCUT2D eigenvalue weighted by Gasteiger charge is -2.29. The number of carbonyl (C=O) groups is 2. The van der Waals surface area contributed by atoms with Gasteiger partial charge in [0.25, 0.3) is 11.8 Å². The van der Waals surface area contributed by atoms with E-state index >= 15 is 0 Å². The Morgan fingerprint density at radius 2 is 1.80 bits per heavy atom. The molecule has 1 aliphatic heterocycles. The van der Waals surface area contributed by atoms with Crippen molar-refractivity contribution in [2.75, 3.05) is 46.7 Å². The summed E-state index contributed by atoms with van der Waals surface area (Å²) in [5.41, 5.74) is 0.233. The Labute approximate surface area is 254 Å². The minimum absolute atomic E-state index is 0.0660.